The Hall–Kier alpha value is -0.660. The highest BCUT2D eigenvalue weighted by atomic mass is 32.2. The smallest absolute Gasteiger partial charge is 0.310 e. The van der Waals surface area contributed by atoms with Gasteiger partial charge in [0.05, 0.1) is 18.3 Å². The normalized spacial score (nSPS) is 29.7. The van der Waals surface area contributed by atoms with E-state index in [1.807, 2.05) is 6.92 Å². The summed E-state index contributed by atoms with van der Waals surface area (Å²) in [5.41, 5.74) is 0. The zero-order valence-electron chi connectivity index (χ0n) is 13.6. The molecule has 1 N–H and O–H groups in total. The number of nitrogens with one attached hydrogen (secondary N) is 1. The average Bonchev–Trinajstić information content (AvgIpc) is 3.05. The van der Waals surface area contributed by atoms with Crippen LogP contribution in [0.5, 0.6) is 0 Å². The van der Waals surface area contributed by atoms with Crippen LogP contribution in [0.4, 0.5) is 0 Å². The molecule has 1 aliphatic heterocycles. The third-order valence-electron chi connectivity index (χ3n) is 4.80. The van der Waals surface area contributed by atoms with Gasteiger partial charge in [0.25, 0.3) is 0 Å². The number of rotatable bonds is 6. The predicted octanol–water partition coefficient (Wildman–Crippen LogP) is 1.12. The van der Waals surface area contributed by atoms with E-state index in [4.69, 9.17) is 4.74 Å². The minimum Gasteiger partial charge on any atom is -0.469 e. The second kappa shape index (κ2) is 7.75. The third kappa shape index (κ3) is 3.63. The topological polar surface area (TPSA) is 75.7 Å². The van der Waals surface area contributed by atoms with Gasteiger partial charge < -0.3 is 10.1 Å². The summed E-state index contributed by atoms with van der Waals surface area (Å²) >= 11 is 0. The van der Waals surface area contributed by atoms with Crippen molar-refractivity contribution in [3.05, 3.63) is 0 Å². The van der Waals surface area contributed by atoms with Gasteiger partial charge in [-0.1, -0.05) is 19.8 Å². The molecule has 6 nitrogen and oxygen atoms in total. The Bertz CT molecular complexity index is 474. The van der Waals surface area contributed by atoms with Gasteiger partial charge in [0.1, 0.15) is 0 Å². The molecular formula is C15H28N2O4S. The van der Waals surface area contributed by atoms with E-state index in [0.29, 0.717) is 25.9 Å². The molecule has 1 saturated heterocycles. The lowest BCUT2D eigenvalue weighted by molar-refractivity contribution is -0.146. The van der Waals surface area contributed by atoms with Gasteiger partial charge in [-0.15, -0.1) is 0 Å². The SMILES string of the molecule is CCCN(C1CCNC1)S(=O)(=O)C1CCCCC1C(=O)OC. The van der Waals surface area contributed by atoms with Crippen LogP contribution in [-0.4, -0.2) is 56.7 Å². The van der Waals surface area contributed by atoms with Gasteiger partial charge in [-0.25, -0.2) is 8.42 Å². The van der Waals surface area contributed by atoms with Crippen molar-refractivity contribution >= 4 is 16.0 Å². The highest BCUT2D eigenvalue weighted by Crippen LogP contribution is 2.33. The summed E-state index contributed by atoms with van der Waals surface area (Å²) in [6.07, 6.45) is 4.55. The first-order valence-electron chi connectivity index (χ1n) is 8.31. The second-order valence-corrected chi connectivity index (χ2v) is 8.36. The molecule has 0 aromatic rings. The Morgan fingerprint density at radius 2 is 2.00 bits per heavy atom. The van der Waals surface area contributed by atoms with Gasteiger partial charge in [0.15, 0.2) is 0 Å². The summed E-state index contributed by atoms with van der Waals surface area (Å²) < 4.78 is 32.9. The van der Waals surface area contributed by atoms with E-state index in [9.17, 15) is 13.2 Å². The maximum absolute atomic E-state index is 13.2. The molecule has 2 fully saturated rings. The molecule has 1 aliphatic carbocycles. The van der Waals surface area contributed by atoms with Crippen LogP contribution in [-0.2, 0) is 19.6 Å². The number of ether oxygens (including phenoxy) is 1. The zero-order chi connectivity index (χ0) is 16.2. The van der Waals surface area contributed by atoms with Crippen LogP contribution in [0, 0.1) is 5.92 Å². The van der Waals surface area contributed by atoms with E-state index < -0.39 is 21.2 Å². The summed E-state index contributed by atoms with van der Waals surface area (Å²) in [6.45, 7) is 4.07. The second-order valence-electron chi connectivity index (χ2n) is 6.25. The minimum absolute atomic E-state index is 0.0187. The molecule has 0 aromatic carbocycles. The number of carbonyl (C=O) groups is 1. The fourth-order valence-electron chi connectivity index (χ4n) is 3.67. The highest BCUT2D eigenvalue weighted by molar-refractivity contribution is 7.89. The predicted molar refractivity (Wildman–Crippen MR) is 85.0 cm³/mol. The first kappa shape index (κ1) is 17.7. The summed E-state index contributed by atoms with van der Waals surface area (Å²) in [4.78, 5) is 12.0. The number of nitrogens with zero attached hydrogens (tertiary/aromatic N) is 1. The van der Waals surface area contributed by atoms with E-state index in [1.165, 1.54) is 7.11 Å². The van der Waals surface area contributed by atoms with E-state index >= 15 is 0 Å². The van der Waals surface area contributed by atoms with Crippen LogP contribution < -0.4 is 5.32 Å². The molecule has 0 radical (unpaired) electrons. The van der Waals surface area contributed by atoms with Gasteiger partial charge >= 0.3 is 5.97 Å². The Balaban J connectivity index is 2.25. The molecule has 0 bridgehead atoms. The molecule has 3 atom stereocenters. The summed E-state index contributed by atoms with van der Waals surface area (Å²) in [7, 11) is -2.14. The molecule has 2 rings (SSSR count). The monoisotopic (exact) mass is 332 g/mol. The van der Waals surface area contributed by atoms with Crippen molar-refractivity contribution in [1.82, 2.24) is 9.62 Å². The Morgan fingerprint density at radius 3 is 2.59 bits per heavy atom. The zero-order valence-corrected chi connectivity index (χ0v) is 14.4. The first-order valence-corrected chi connectivity index (χ1v) is 9.81. The number of sulfonamides is 1. The van der Waals surface area contributed by atoms with Crippen LogP contribution in [0.15, 0.2) is 0 Å². The molecule has 7 heteroatoms. The van der Waals surface area contributed by atoms with Crippen LogP contribution in [0.1, 0.15) is 45.4 Å². The van der Waals surface area contributed by atoms with Gasteiger partial charge in [0, 0.05) is 19.1 Å². The van der Waals surface area contributed by atoms with Crippen molar-refractivity contribution in [2.24, 2.45) is 5.92 Å². The third-order valence-corrected chi connectivity index (χ3v) is 7.27. The lowest BCUT2D eigenvalue weighted by Crippen LogP contribution is -2.50. The molecule has 0 amide bonds. The van der Waals surface area contributed by atoms with Gasteiger partial charge in [-0.05, 0) is 32.2 Å². The molecule has 0 spiro atoms. The van der Waals surface area contributed by atoms with Crippen LogP contribution in [0.25, 0.3) is 0 Å². The van der Waals surface area contributed by atoms with Gasteiger partial charge in [-0.2, -0.15) is 4.31 Å². The number of methoxy groups -OCH3 is 1. The highest BCUT2D eigenvalue weighted by Gasteiger charge is 2.45. The van der Waals surface area contributed by atoms with Crippen molar-refractivity contribution in [2.75, 3.05) is 26.7 Å². The summed E-state index contributed by atoms with van der Waals surface area (Å²) in [5.74, 6) is -0.897. The quantitative estimate of drug-likeness (QED) is 0.738. The fourth-order valence-corrected chi connectivity index (χ4v) is 6.18. The largest absolute Gasteiger partial charge is 0.469 e. The first-order chi connectivity index (χ1) is 10.5. The maximum atomic E-state index is 13.2. The fraction of sp³-hybridized carbons (Fsp3) is 0.933. The van der Waals surface area contributed by atoms with Crippen molar-refractivity contribution in [1.29, 1.82) is 0 Å². The number of carbonyl (C=O) groups excluding carboxylic acids is 1. The lowest BCUT2D eigenvalue weighted by atomic mass is 9.89. The van der Waals surface area contributed by atoms with E-state index in [2.05, 4.69) is 5.32 Å². The van der Waals surface area contributed by atoms with Gasteiger partial charge in [0.2, 0.25) is 10.0 Å². The average molecular weight is 332 g/mol. The van der Waals surface area contributed by atoms with Crippen molar-refractivity contribution in [3.63, 3.8) is 0 Å². The van der Waals surface area contributed by atoms with Crippen molar-refractivity contribution in [2.45, 2.75) is 56.7 Å². The van der Waals surface area contributed by atoms with Crippen molar-refractivity contribution in [3.8, 4) is 0 Å². The molecule has 128 valence electrons. The molecule has 22 heavy (non-hydrogen) atoms. The van der Waals surface area contributed by atoms with Crippen molar-refractivity contribution < 1.29 is 17.9 Å². The number of hydrogen-bond donors (Lipinski definition) is 1. The number of hydrogen-bond acceptors (Lipinski definition) is 5. The molecule has 3 unspecified atom stereocenters. The molecular weight excluding hydrogens is 304 g/mol. The minimum atomic E-state index is -3.48. The maximum Gasteiger partial charge on any atom is 0.310 e. The molecule has 2 aliphatic rings. The Kier molecular flexibility index (Phi) is 6.23. The van der Waals surface area contributed by atoms with Crippen LogP contribution in [0.2, 0.25) is 0 Å². The lowest BCUT2D eigenvalue weighted by Gasteiger charge is -2.36. The standard InChI is InChI=1S/C15H28N2O4S/c1-3-10-17(12-8-9-16-11-12)22(19,20)14-7-5-4-6-13(14)15(18)21-2/h12-14,16H,3-11H2,1-2H3. The van der Waals surface area contributed by atoms with E-state index in [0.717, 1.165) is 32.2 Å². The summed E-state index contributed by atoms with van der Waals surface area (Å²) in [6, 6.07) is 0.0187. The Morgan fingerprint density at radius 1 is 1.27 bits per heavy atom. The van der Waals surface area contributed by atoms with Crippen LogP contribution >= 0.6 is 0 Å². The van der Waals surface area contributed by atoms with E-state index in [-0.39, 0.29) is 12.0 Å². The van der Waals surface area contributed by atoms with Crippen LogP contribution in [0.3, 0.4) is 0 Å². The van der Waals surface area contributed by atoms with E-state index in [1.54, 1.807) is 4.31 Å². The Labute approximate surface area is 133 Å². The summed E-state index contributed by atoms with van der Waals surface area (Å²) in [5, 5.41) is 2.61. The number of esters is 1. The molecule has 0 aromatic heterocycles. The molecule has 1 saturated carbocycles. The molecule has 1 heterocycles. The van der Waals surface area contributed by atoms with Gasteiger partial charge in [-0.3, -0.25) is 4.79 Å².